The van der Waals surface area contributed by atoms with Gasteiger partial charge in [-0.1, -0.05) is 13.0 Å². The Kier molecular flexibility index (Phi) is 4.09. The molecule has 0 saturated carbocycles. The van der Waals surface area contributed by atoms with Gasteiger partial charge in [0.2, 0.25) is 0 Å². The standard InChI is InChI=1S/C12H16N2S2/c1-9(11-4-3-6-15-11)8-14-10(2)12-13-5-7-16-12/h3-7,9-10,14H,8H2,1-2H3. The smallest absolute Gasteiger partial charge is 0.109 e. The number of nitrogens with one attached hydrogen (secondary N) is 1. The van der Waals surface area contributed by atoms with E-state index < -0.39 is 0 Å². The molecule has 2 nitrogen and oxygen atoms in total. The fourth-order valence-electron chi connectivity index (χ4n) is 1.56. The molecule has 0 spiro atoms. The number of nitrogens with zero attached hydrogens (tertiary/aromatic N) is 1. The third-order valence-electron chi connectivity index (χ3n) is 2.58. The average molecular weight is 252 g/mol. The highest BCUT2D eigenvalue weighted by molar-refractivity contribution is 7.10. The topological polar surface area (TPSA) is 24.9 Å². The SMILES string of the molecule is CC(CNC(C)c1nccs1)c1cccs1. The van der Waals surface area contributed by atoms with E-state index in [1.165, 1.54) is 9.88 Å². The predicted octanol–water partition coefficient (Wildman–Crippen LogP) is 3.66. The Morgan fingerprint density at radius 3 is 2.81 bits per heavy atom. The van der Waals surface area contributed by atoms with E-state index in [1.54, 1.807) is 11.3 Å². The molecule has 1 N–H and O–H groups in total. The van der Waals surface area contributed by atoms with E-state index in [2.05, 4.69) is 41.7 Å². The van der Waals surface area contributed by atoms with Crippen LogP contribution < -0.4 is 5.32 Å². The van der Waals surface area contributed by atoms with E-state index in [0.717, 1.165) is 6.54 Å². The van der Waals surface area contributed by atoms with Crippen molar-refractivity contribution < 1.29 is 0 Å². The zero-order valence-corrected chi connectivity index (χ0v) is 11.1. The van der Waals surface area contributed by atoms with Crippen molar-refractivity contribution in [1.82, 2.24) is 10.3 Å². The van der Waals surface area contributed by atoms with Gasteiger partial charge < -0.3 is 5.32 Å². The second-order valence-corrected chi connectivity index (χ2v) is 5.82. The van der Waals surface area contributed by atoms with Crippen LogP contribution in [0, 0.1) is 0 Å². The van der Waals surface area contributed by atoms with Crippen LogP contribution in [0.15, 0.2) is 29.1 Å². The molecule has 2 aromatic rings. The van der Waals surface area contributed by atoms with Gasteiger partial charge in [-0.3, -0.25) is 0 Å². The lowest BCUT2D eigenvalue weighted by molar-refractivity contribution is 0.538. The summed E-state index contributed by atoms with van der Waals surface area (Å²) in [5, 5.41) is 8.85. The summed E-state index contributed by atoms with van der Waals surface area (Å²) in [6, 6.07) is 4.66. The number of thiazole rings is 1. The largest absolute Gasteiger partial charge is 0.308 e. The molecule has 4 heteroatoms. The molecule has 2 aromatic heterocycles. The monoisotopic (exact) mass is 252 g/mol. The van der Waals surface area contributed by atoms with Crippen LogP contribution in [0.5, 0.6) is 0 Å². The summed E-state index contributed by atoms with van der Waals surface area (Å²) in [4.78, 5) is 5.76. The minimum absolute atomic E-state index is 0.349. The average Bonchev–Trinajstić information content (AvgIpc) is 2.95. The molecule has 2 unspecified atom stereocenters. The van der Waals surface area contributed by atoms with Gasteiger partial charge in [-0.15, -0.1) is 22.7 Å². The molecule has 2 rings (SSSR count). The number of hydrogen-bond donors (Lipinski definition) is 1. The predicted molar refractivity (Wildman–Crippen MR) is 71.3 cm³/mol. The molecule has 0 aliphatic heterocycles. The van der Waals surface area contributed by atoms with Crippen LogP contribution in [-0.4, -0.2) is 11.5 Å². The summed E-state index contributed by atoms with van der Waals surface area (Å²) in [6.45, 7) is 5.43. The molecule has 0 radical (unpaired) electrons. The van der Waals surface area contributed by atoms with Gasteiger partial charge >= 0.3 is 0 Å². The molecule has 0 saturated heterocycles. The van der Waals surface area contributed by atoms with Crippen LogP contribution >= 0.6 is 22.7 Å². The van der Waals surface area contributed by atoms with Crippen LogP contribution in [0.2, 0.25) is 0 Å². The first-order valence-corrected chi connectivity index (χ1v) is 7.19. The van der Waals surface area contributed by atoms with Gasteiger partial charge in [-0.25, -0.2) is 4.98 Å². The molecular weight excluding hydrogens is 236 g/mol. The molecule has 86 valence electrons. The first-order valence-electron chi connectivity index (χ1n) is 5.43. The zero-order chi connectivity index (χ0) is 11.4. The molecule has 2 atom stereocenters. The maximum absolute atomic E-state index is 4.32. The van der Waals surface area contributed by atoms with Gasteiger partial charge in [0.1, 0.15) is 5.01 Å². The highest BCUT2D eigenvalue weighted by Gasteiger charge is 2.11. The van der Waals surface area contributed by atoms with E-state index in [4.69, 9.17) is 0 Å². The second kappa shape index (κ2) is 5.57. The third-order valence-corrected chi connectivity index (χ3v) is 4.64. The van der Waals surface area contributed by atoms with Gasteiger partial charge in [0.05, 0.1) is 6.04 Å². The molecule has 0 amide bonds. The lowest BCUT2D eigenvalue weighted by Crippen LogP contribution is -2.23. The quantitative estimate of drug-likeness (QED) is 0.878. The highest BCUT2D eigenvalue weighted by atomic mass is 32.1. The van der Waals surface area contributed by atoms with Crippen molar-refractivity contribution in [2.24, 2.45) is 0 Å². The molecule has 0 fully saturated rings. The minimum atomic E-state index is 0.349. The van der Waals surface area contributed by atoms with Crippen LogP contribution in [0.1, 0.15) is 35.7 Å². The molecule has 2 heterocycles. The number of thiophene rings is 1. The van der Waals surface area contributed by atoms with E-state index in [-0.39, 0.29) is 0 Å². The van der Waals surface area contributed by atoms with Gasteiger partial charge in [0, 0.05) is 28.9 Å². The van der Waals surface area contributed by atoms with Crippen molar-refractivity contribution >= 4 is 22.7 Å². The Balaban J connectivity index is 1.84. The summed E-state index contributed by atoms with van der Waals surface area (Å²) in [5.74, 6) is 0.572. The lowest BCUT2D eigenvalue weighted by Gasteiger charge is -2.15. The second-order valence-electron chi connectivity index (χ2n) is 3.92. The maximum Gasteiger partial charge on any atom is 0.109 e. The summed E-state index contributed by atoms with van der Waals surface area (Å²) in [7, 11) is 0. The third kappa shape index (κ3) is 2.90. The van der Waals surface area contributed by atoms with Crippen LogP contribution in [0.4, 0.5) is 0 Å². The molecule has 0 aliphatic rings. The van der Waals surface area contributed by atoms with Crippen molar-refractivity contribution in [2.45, 2.75) is 25.8 Å². The first kappa shape index (κ1) is 11.8. The van der Waals surface area contributed by atoms with Gasteiger partial charge in [-0.2, -0.15) is 0 Å². The van der Waals surface area contributed by atoms with Crippen LogP contribution in [0.25, 0.3) is 0 Å². The van der Waals surface area contributed by atoms with E-state index in [0.29, 0.717) is 12.0 Å². The Hall–Kier alpha value is -0.710. The first-order chi connectivity index (χ1) is 7.77. The zero-order valence-electron chi connectivity index (χ0n) is 9.51. The summed E-state index contributed by atoms with van der Waals surface area (Å²) >= 11 is 3.54. The van der Waals surface area contributed by atoms with Crippen molar-refractivity contribution in [1.29, 1.82) is 0 Å². The van der Waals surface area contributed by atoms with Gasteiger partial charge in [0.15, 0.2) is 0 Å². The summed E-state index contributed by atoms with van der Waals surface area (Å²) < 4.78 is 0. The maximum atomic E-state index is 4.32. The van der Waals surface area contributed by atoms with Gasteiger partial charge in [-0.05, 0) is 18.4 Å². The number of hydrogen-bond acceptors (Lipinski definition) is 4. The Labute approximate surface area is 104 Å². The summed E-state index contributed by atoms with van der Waals surface area (Å²) in [5.41, 5.74) is 0. The highest BCUT2D eigenvalue weighted by Crippen LogP contribution is 2.21. The lowest BCUT2D eigenvalue weighted by atomic mass is 10.1. The fraction of sp³-hybridized carbons (Fsp3) is 0.417. The Morgan fingerprint density at radius 1 is 1.31 bits per heavy atom. The van der Waals surface area contributed by atoms with E-state index in [9.17, 15) is 0 Å². The Morgan fingerprint density at radius 2 is 2.19 bits per heavy atom. The molecule has 0 aromatic carbocycles. The molecule has 16 heavy (non-hydrogen) atoms. The number of rotatable bonds is 5. The normalized spacial score (nSPS) is 14.9. The van der Waals surface area contributed by atoms with Crippen molar-refractivity contribution in [2.75, 3.05) is 6.54 Å². The van der Waals surface area contributed by atoms with E-state index in [1.807, 2.05) is 22.9 Å². The van der Waals surface area contributed by atoms with Gasteiger partial charge in [0.25, 0.3) is 0 Å². The molecule has 0 aliphatic carbocycles. The van der Waals surface area contributed by atoms with Crippen molar-refractivity contribution in [3.63, 3.8) is 0 Å². The van der Waals surface area contributed by atoms with Crippen molar-refractivity contribution in [3.05, 3.63) is 39.0 Å². The fourth-order valence-corrected chi connectivity index (χ4v) is 3.02. The number of aromatic nitrogens is 1. The molecule has 0 bridgehead atoms. The van der Waals surface area contributed by atoms with Crippen molar-refractivity contribution in [3.8, 4) is 0 Å². The van der Waals surface area contributed by atoms with Crippen LogP contribution in [0.3, 0.4) is 0 Å². The minimum Gasteiger partial charge on any atom is -0.308 e. The summed E-state index contributed by atoms with van der Waals surface area (Å²) in [6.07, 6.45) is 1.86. The molecular formula is C12H16N2S2. The van der Waals surface area contributed by atoms with Crippen LogP contribution in [-0.2, 0) is 0 Å². The Bertz CT molecular complexity index is 354. The van der Waals surface area contributed by atoms with E-state index >= 15 is 0 Å².